The van der Waals surface area contributed by atoms with Gasteiger partial charge in [-0.25, -0.2) is 13.1 Å². The average Bonchev–Trinajstić information content (AvgIpc) is 2.66. The fraction of sp³-hybridized carbons (Fsp3) is 0.333. The van der Waals surface area contributed by atoms with Gasteiger partial charge in [-0.3, -0.25) is 4.79 Å². The fourth-order valence-corrected chi connectivity index (χ4v) is 3.80. The number of hydrogen-bond acceptors (Lipinski definition) is 4. The average molecular weight is 400 g/mol. The summed E-state index contributed by atoms with van der Waals surface area (Å²) < 4.78 is 26.7. The van der Waals surface area contributed by atoms with Crippen molar-refractivity contribution in [3.05, 3.63) is 65.7 Å². The number of carbonyl (C=O) groups excluding carboxylic acids is 1. The quantitative estimate of drug-likeness (QED) is 0.697. The molecule has 2 rings (SSSR count). The van der Waals surface area contributed by atoms with Gasteiger partial charge < -0.3 is 5.32 Å². The van der Waals surface area contributed by atoms with E-state index in [4.69, 9.17) is 5.26 Å². The van der Waals surface area contributed by atoms with E-state index < -0.39 is 10.0 Å². The Hall–Kier alpha value is -2.69. The van der Waals surface area contributed by atoms with Gasteiger partial charge >= 0.3 is 0 Å². The first-order valence-electron chi connectivity index (χ1n) is 8.97. The van der Waals surface area contributed by atoms with Crippen molar-refractivity contribution < 1.29 is 13.2 Å². The number of rotatable bonds is 7. The largest absolute Gasteiger partial charge is 0.345 e. The molecule has 2 aromatic rings. The molecule has 0 radical (unpaired) electrons. The third-order valence-corrected chi connectivity index (χ3v) is 5.71. The van der Waals surface area contributed by atoms with E-state index in [-0.39, 0.29) is 35.2 Å². The number of sulfonamides is 1. The van der Waals surface area contributed by atoms with Crippen molar-refractivity contribution in [2.45, 2.75) is 38.1 Å². The van der Waals surface area contributed by atoms with Crippen LogP contribution in [0.5, 0.6) is 0 Å². The molecule has 2 aromatic carbocycles. The lowest BCUT2D eigenvalue weighted by Crippen LogP contribution is -2.36. The standard InChI is InChI=1S/C21H25N3O3S/c1-21(2,3)19(16-8-5-4-6-9-16)24-20(25)17-10-12-18(13-11-17)28(26,27)23-15-7-14-22/h4-6,8-13,19,23H,7,15H2,1-3H3,(H,24,25). The molecule has 0 bridgehead atoms. The van der Waals surface area contributed by atoms with Crippen molar-refractivity contribution >= 4 is 15.9 Å². The van der Waals surface area contributed by atoms with Crippen molar-refractivity contribution in [1.29, 1.82) is 5.26 Å². The molecule has 148 valence electrons. The van der Waals surface area contributed by atoms with Gasteiger partial charge in [0.05, 0.1) is 17.0 Å². The molecule has 0 aliphatic rings. The third kappa shape index (κ3) is 5.65. The summed E-state index contributed by atoms with van der Waals surface area (Å²) in [4.78, 5) is 12.8. The number of amides is 1. The minimum absolute atomic E-state index is 0.0470. The van der Waals surface area contributed by atoms with E-state index in [1.54, 1.807) is 0 Å². The van der Waals surface area contributed by atoms with Crippen LogP contribution in [0.4, 0.5) is 0 Å². The summed E-state index contributed by atoms with van der Waals surface area (Å²) in [5.41, 5.74) is 1.18. The van der Waals surface area contributed by atoms with Gasteiger partial charge in [0, 0.05) is 18.5 Å². The molecule has 1 unspecified atom stereocenters. The Morgan fingerprint density at radius 3 is 2.21 bits per heavy atom. The second-order valence-electron chi connectivity index (χ2n) is 7.51. The maximum Gasteiger partial charge on any atom is 0.251 e. The van der Waals surface area contributed by atoms with Crippen LogP contribution < -0.4 is 10.0 Å². The number of nitrogens with zero attached hydrogens (tertiary/aromatic N) is 1. The van der Waals surface area contributed by atoms with Crippen molar-refractivity contribution in [3.63, 3.8) is 0 Å². The highest BCUT2D eigenvalue weighted by Gasteiger charge is 2.28. The molecule has 28 heavy (non-hydrogen) atoms. The second-order valence-corrected chi connectivity index (χ2v) is 9.28. The SMILES string of the molecule is CC(C)(C)C(NC(=O)c1ccc(S(=O)(=O)NCCC#N)cc1)c1ccccc1. The number of hydrogen-bond donors (Lipinski definition) is 2. The van der Waals surface area contributed by atoms with Gasteiger partial charge in [0.15, 0.2) is 0 Å². The number of carbonyl (C=O) groups is 1. The number of nitrogens with one attached hydrogen (secondary N) is 2. The smallest absolute Gasteiger partial charge is 0.251 e. The minimum Gasteiger partial charge on any atom is -0.345 e. The molecular formula is C21H25N3O3S. The highest BCUT2D eigenvalue weighted by molar-refractivity contribution is 7.89. The Morgan fingerprint density at radius 1 is 1.07 bits per heavy atom. The van der Waals surface area contributed by atoms with Gasteiger partial charge in [0.2, 0.25) is 10.0 Å². The summed E-state index contributed by atoms with van der Waals surface area (Å²) in [5, 5.41) is 11.6. The minimum atomic E-state index is -3.70. The molecule has 0 fully saturated rings. The van der Waals surface area contributed by atoms with E-state index >= 15 is 0 Å². The molecule has 0 aliphatic carbocycles. The van der Waals surface area contributed by atoms with Crippen LogP contribution >= 0.6 is 0 Å². The molecule has 6 nitrogen and oxygen atoms in total. The Balaban J connectivity index is 2.17. The van der Waals surface area contributed by atoms with Gasteiger partial charge in [-0.05, 0) is 35.2 Å². The number of benzene rings is 2. The number of nitriles is 1. The normalized spacial score (nSPS) is 12.8. The van der Waals surface area contributed by atoms with Crippen LogP contribution in [0.1, 0.15) is 49.2 Å². The summed E-state index contributed by atoms with van der Waals surface area (Å²) in [5.74, 6) is -0.273. The van der Waals surface area contributed by atoms with Crippen LogP contribution in [0.25, 0.3) is 0 Å². The highest BCUT2D eigenvalue weighted by atomic mass is 32.2. The predicted molar refractivity (Wildman–Crippen MR) is 108 cm³/mol. The van der Waals surface area contributed by atoms with Gasteiger partial charge in [-0.15, -0.1) is 0 Å². The molecule has 0 saturated heterocycles. The van der Waals surface area contributed by atoms with E-state index in [0.29, 0.717) is 5.56 Å². The lowest BCUT2D eigenvalue weighted by Gasteiger charge is -2.32. The van der Waals surface area contributed by atoms with Gasteiger partial charge in [0.1, 0.15) is 0 Å². The first-order chi connectivity index (χ1) is 13.1. The molecule has 0 aliphatic heterocycles. The summed E-state index contributed by atoms with van der Waals surface area (Å²) in [7, 11) is -3.70. The molecule has 0 heterocycles. The van der Waals surface area contributed by atoms with Crippen LogP contribution in [0.3, 0.4) is 0 Å². The summed E-state index contributed by atoms with van der Waals surface area (Å²) in [6.07, 6.45) is 0.0907. The molecule has 0 spiro atoms. The van der Waals surface area contributed by atoms with Crippen LogP contribution in [0.15, 0.2) is 59.5 Å². The summed E-state index contributed by atoms with van der Waals surface area (Å²) in [6.45, 7) is 6.19. The Labute approximate surface area is 166 Å². The first kappa shape index (κ1) is 21.6. The predicted octanol–water partition coefficient (Wildman–Crippen LogP) is 3.40. The van der Waals surface area contributed by atoms with Crippen LogP contribution in [-0.4, -0.2) is 20.9 Å². The van der Waals surface area contributed by atoms with Gasteiger partial charge in [-0.2, -0.15) is 5.26 Å². The molecule has 1 atom stereocenters. The molecule has 7 heteroatoms. The highest BCUT2D eigenvalue weighted by Crippen LogP contribution is 2.32. The zero-order chi connectivity index (χ0) is 20.8. The van der Waals surface area contributed by atoms with Crippen LogP contribution in [0, 0.1) is 16.7 Å². The van der Waals surface area contributed by atoms with E-state index in [1.807, 2.05) is 57.2 Å². The maximum atomic E-state index is 12.7. The van der Waals surface area contributed by atoms with E-state index in [0.717, 1.165) is 5.56 Å². The molecular weight excluding hydrogens is 374 g/mol. The van der Waals surface area contributed by atoms with Crippen LogP contribution in [0.2, 0.25) is 0 Å². The molecule has 0 saturated carbocycles. The lowest BCUT2D eigenvalue weighted by molar-refractivity contribution is 0.0901. The summed E-state index contributed by atoms with van der Waals surface area (Å²) in [6, 6.07) is 17.2. The fourth-order valence-electron chi connectivity index (χ4n) is 2.77. The van der Waals surface area contributed by atoms with Crippen LogP contribution in [-0.2, 0) is 10.0 Å². The monoisotopic (exact) mass is 399 g/mol. The van der Waals surface area contributed by atoms with Gasteiger partial charge in [0.25, 0.3) is 5.91 Å². The van der Waals surface area contributed by atoms with Crippen molar-refractivity contribution in [2.24, 2.45) is 5.41 Å². The Morgan fingerprint density at radius 2 is 1.68 bits per heavy atom. The summed E-state index contributed by atoms with van der Waals surface area (Å²) >= 11 is 0. The van der Waals surface area contributed by atoms with Gasteiger partial charge in [-0.1, -0.05) is 51.1 Å². The van der Waals surface area contributed by atoms with Crippen molar-refractivity contribution in [3.8, 4) is 6.07 Å². The molecule has 1 amide bonds. The lowest BCUT2D eigenvalue weighted by atomic mass is 9.82. The Bertz CT molecular complexity index is 941. The van der Waals surface area contributed by atoms with E-state index in [2.05, 4.69) is 10.0 Å². The van der Waals surface area contributed by atoms with Crippen molar-refractivity contribution in [1.82, 2.24) is 10.0 Å². The molecule has 2 N–H and O–H groups in total. The zero-order valence-corrected chi connectivity index (χ0v) is 17.1. The topological polar surface area (TPSA) is 99.1 Å². The zero-order valence-electron chi connectivity index (χ0n) is 16.3. The second kappa shape index (κ2) is 9.00. The Kier molecular flexibility index (Phi) is 6.95. The molecule has 0 aromatic heterocycles. The van der Waals surface area contributed by atoms with E-state index in [1.165, 1.54) is 24.3 Å². The van der Waals surface area contributed by atoms with Crippen molar-refractivity contribution in [2.75, 3.05) is 6.54 Å². The maximum absolute atomic E-state index is 12.7. The first-order valence-corrected chi connectivity index (χ1v) is 10.5. The van der Waals surface area contributed by atoms with E-state index in [9.17, 15) is 13.2 Å². The third-order valence-electron chi connectivity index (χ3n) is 4.23.